The second-order valence-corrected chi connectivity index (χ2v) is 6.83. The molecule has 2 nitrogen and oxygen atoms in total. The summed E-state index contributed by atoms with van der Waals surface area (Å²) < 4.78 is 0. The topological polar surface area (TPSA) is 6.48 Å². The van der Waals surface area contributed by atoms with Crippen LogP contribution in [-0.2, 0) is 0 Å². The van der Waals surface area contributed by atoms with Crippen molar-refractivity contribution in [2.75, 3.05) is 39.0 Å². The van der Waals surface area contributed by atoms with Crippen molar-refractivity contribution in [1.29, 1.82) is 0 Å². The molecular formula is C17H36N2S. The third kappa shape index (κ3) is 7.90. The molecule has 1 heterocycles. The number of thiol groups is 1. The summed E-state index contributed by atoms with van der Waals surface area (Å²) in [5.74, 6) is 1.06. The largest absolute Gasteiger partial charge is 0.305 e. The molecule has 1 unspecified atom stereocenters. The van der Waals surface area contributed by atoms with Crippen molar-refractivity contribution in [3.05, 3.63) is 0 Å². The molecule has 0 aromatic heterocycles. The summed E-state index contributed by atoms with van der Waals surface area (Å²) in [7, 11) is 2.30. The minimum absolute atomic E-state index is 0.825. The SMILES string of the molecule is CCN1CCCC1CN(C)CCCCCCCCCS. The van der Waals surface area contributed by atoms with Crippen LogP contribution in [0.1, 0.15) is 64.7 Å². The molecule has 20 heavy (non-hydrogen) atoms. The number of rotatable bonds is 12. The summed E-state index contributed by atoms with van der Waals surface area (Å²) in [6.07, 6.45) is 12.5. The van der Waals surface area contributed by atoms with E-state index in [2.05, 4.69) is 36.4 Å². The summed E-state index contributed by atoms with van der Waals surface area (Å²) in [6, 6.07) is 0.825. The predicted octanol–water partition coefficient (Wildman–Crippen LogP) is 4.06. The van der Waals surface area contributed by atoms with Gasteiger partial charge in [0.2, 0.25) is 0 Å². The van der Waals surface area contributed by atoms with E-state index in [0.29, 0.717) is 0 Å². The molecule has 1 rings (SSSR count). The van der Waals surface area contributed by atoms with E-state index in [1.165, 1.54) is 84.0 Å². The molecule has 0 spiro atoms. The molecule has 0 N–H and O–H groups in total. The number of hydrogen-bond acceptors (Lipinski definition) is 3. The molecular weight excluding hydrogens is 264 g/mol. The van der Waals surface area contributed by atoms with Crippen molar-refractivity contribution < 1.29 is 0 Å². The second kappa shape index (κ2) is 11.9. The van der Waals surface area contributed by atoms with E-state index in [4.69, 9.17) is 0 Å². The van der Waals surface area contributed by atoms with Crippen molar-refractivity contribution in [1.82, 2.24) is 9.80 Å². The van der Waals surface area contributed by atoms with Crippen LogP contribution in [0, 0.1) is 0 Å². The highest BCUT2D eigenvalue weighted by molar-refractivity contribution is 7.80. The van der Waals surface area contributed by atoms with Gasteiger partial charge in [0.05, 0.1) is 0 Å². The van der Waals surface area contributed by atoms with Gasteiger partial charge in [-0.1, -0.05) is 39.0 Å². The third-order valence-corrected chi connectivity index (χ3v) is 4.94. The summed E-state index contributed by atoms with van der Waals surface area (Å²) in [4.78, 5) is 5.21. The number of likely N-dealkylation sites (tertiary alicyclic amines) is 1. The first-order valence-electron chi connectivity index (χ1n) is 8.81. The normalized spacial score (nSPS) is 20.1. The maximum Gasteiger partial charge on any atom is 0.0223 e. The Morgan fingerprint density at radius 1 is 1.05 bits per heavy atom. The first-order chi connectivity index (χ1) is 9.77. The van der Waals surface area contributed by atoms with E-state index in [0.717, 1.165) is 11.8 Å². The Hall–Kier alpha value is 0.270. The van der Waals surface area contributed by atoms with Crippen LogP contribution in [0.2, 0.25) is 0 Å². The lowest BCUT2D eigenvalue weighted by Gasteiger charge is -2.27. The third-order valence-electron chi connectivity index (χ3n) is 4.63. The van der Waals surface area contributed by atoms with Crippen molar-refractivity contribution in [2.45, 2.75) is 70.8 Å². The van der Waals surface area contributed by atoms with Crippen LogP contribution in [-0.4, -0.2) is 54.8 Å². The van der Waals surface area contributed by atoms with Gasteiger partial charge in [0.1, 0.15) is 0 Å². The summed E-state index contributed by atoms with van der Waals surface area (Å²) >= 11 is 4.25. The highest BCUT2D eigenvalue weighted by atomic mass is 32.1. The zero-order chi connectivity index (χ0) is 14.6. The van der Waals surface area contributed by atoms with Crippen molar-refractivity contribution >= 4 is 12.6 Å². The highest BCUT2D eigenvalue weighted by Gasteiger charge is 2.23. The summed E-state index contributed by atoms with van der Waals surface area (Å²) in [6.45, 7) is 7.40. The van der Waals surface area contributed by atoms with Gasteiger partial charge in [-0.15, -0.1) is 0 Å². The number of likely N-dealkylation sites (N-methyl/N-ethyl adjacent to an activating group) is 2. The molecule has 0 aliphatic carbocycles. The Labute approximate surface area is 132 Å². The Balaban J connectivity index is 1.93. The Morgan fingerprint density at radius 3 is 2.35 bits per heavy atom. The Kier molecular flexibility index (Phi) is 10.9. The van der Waals surface area contributed by atoms with E-state index in [1.807, 2.05) is 0 Å². The van der Waals surface area contributed by atoms with Crippen LogP contribution in [0.3, 0.4) is 0 Å². The second-order valence-electron chi connectivity index (χ2n) is 6.39. The van der Waals surface area contributed by atoms with Crippen LogP contribution in [0.25, 0.3) is 0 Å². The van der Waals surface area contributed by atoms with Crippen LogP contribution >= 0.6 is 12.6 Å². The van der Waals surface area contributed by atoms with Gasteiger partial charge in [0, 0.05) is 12.6 Å². The molecule has 3 heteroatoms. The lowest BCUT2D eigenvalue weighted by molar-refractivity contribution is 0.197. The minimum atomic E-state index is 0.825. The number of unbranched alkanes of at least 4 members (excludes halogenated alkanes) is 6. The molecule has 0 saturated carbocycles. The Morgan fingerprint density at radius 2 is 1.70 bits per heavy atom. The maximum absolute atomic E-state index is 4.25. The van der Waals surface area contributed by atoms with Gasteiger partial charge < -0.3 is 4.90 Å². The van der Waals surface area contributed by atoms with Gasteiger partial charge in [-0.3, -0.25) is 4.90 Å². The van der Waals surface area contributed by atoms with E-state index in [-0.39, 0.29) is 0 Å². The van der Waals surface area contributed by atoms with Gasteiger partial charge in [0.25, 0.3) is 0 Å². The quantitative estimate of drug-likeness (QED) is 0.429. The smallest absolute Gasteiger partial charge is 0.0223 e. The van der Waals surface area contributed by atoms with Crippen LogP contribution in [0.5, 0.6) is 0 Å². The molecule has 0 amide bonds. The fourth-order valence-corrected chi connectivity index (χ4v) is 3.57. The van der Waals surface area contributed by atoms with Gasteiger partial charge >= 0.3 is 0 Å². The van der Waals surface area contributed by atoms with Crippen LogP contribution in [0.4, 0.5) is 0 Å². The zero-order valence-corrected chi connectivity index (χ0v) is 14.7. The van der Waals surface area contributed by atoms with Crippen molar-refractivity contribution in [2.24, 2.45) is 0 Å². The number of hydrogen-bond donors (Lipinski definition) is 1. The first-order valence-corrected chi connectivity index (χ1v) is 9.44. The lowest BCUT2D eigenvalue weighted by Crippen LogP contribution is -2.39. The molecule has 0 aromatic rings. The highest BCUT2D eigenvalue weighted by Crippen LogP contribution is 2.17. The maximum atomic E-state index is 4.25. The van der Waals surface area contributed by atoms with Gasteiger partial charge in [-0.25, -0.2) is 0 Å². The lowest BCUT2D eigenvalue weighted by atomic mass is 10.1. The molecule has 0 bridgehead atoms. The van der Waals surface area contributed by atoms with E-state index >= 15 is 0 Å². The minimum Gasteiger partial charge on any atom is -0.305 e. The fourth-order valence-electron chi connectivity index (χ4n) is 3.35. The van der Waals surface area contributed by atoms with Crippen LogP contribution in [0.15, 0.2) is 0 Å². The molecule has 0 radical (unpaired) electrons. The zero-order valence-electron chi connectivity index (χ0n) is 13.8. The fraction of sp³-hybridized carbons (Fsp3) is 1.00. The molecule has 120 valence electrons. The Bertz CT molecular complexity index is 223. The summed E-state index contributed by atoms with van der Waals surface area (Å²) in [5.41, 5.74) is 0. The van der Waals surface area contributed by atoms with E-state index < -0.39 is 0 Å². The summed E-state index contributed by atoms with van der Waals surface area (Å²) in [5, 5.41) is 0. The average molecular weight is 301 g/mol. The van der Waals surface area contributed by atoms with Crippen molar-refractivity contribution in [3.8, 4) is 0 Å². The number of nitrogens with zero attached hydrogens (tertiary/aromatic N) is 2. The molecule has 1 saturated heterocycles. The van der Waals surface area contributed by atoms with Crippen LogP contribution < -0.4 is 0 Å². The standard InChI is InChI=1S/C17H36N2S/c1-3-19-14-11-12-17(19)16-18(2)13-9-7-5-4-6-8-10-15-20/h17,20H,3-16H2,1-2H3. The first kappa shape index (κ1) is 18.3. The van der Waals surface area contributed by atoms with E-state index in [1.54, 1.807) is 0 Å². The van der Waals surface area contributed by atoms with E-state index in [9.17, 15) is 0 Å². The van der Waals surface area contributed by atoms with Crippen molar-refractivity contribution in [3.63, 3.8) is 0 Å². The molecule has 1 atom stereocenters. The molecule has 0 aromatic carbocycles. The molecule has 1 aliphatic rings. The molecule has 1 aliphatic heterocycles. The van der Waals surface area contributed by atoms with Gasteiger partial charge in [-0.05, 0) is 58.1 Å². The molecule has 1 fully saturated rings. The van der Waals surface area contributed by atoms with Gasteiger partial charge in [-0.2, -0.15) is 12.6 Å². The average Bonchev–Trinajstić information content (AvgIpc) is 2.89. The van der Waals surface area contributed by atoms with Gasteiger partial charge in [0.15, 0.2) is 0 Å². The predicted molar refractivity (Wildman–Crippen MR) is 93.9 cm³/mol. The monoisotopic (exact) mass is 300 g/mol.